The largest absolute Gasteiger partial charge is 0.340 e. The Balaban J connectivity index is 1.78. The first-order valence-corrected chi connectivity index (χ1v) is 13.4. The zero-order valence-corrected chi connectivity index (χ0v) is 21.6. The molecule has 0 aliphatic carbocycles. The number of nitrogens with one attached hydrogen (secondary N) is 2. The van der Waals surface area contributed by atoms with Gasteiger partial charge in [-0.15, -0.1) is 11.3 Å². The van der Waals surface area contributed by atoms with Gasteiger partial charge in [0, 0.05) is 24.3 Å². The van der Waals surface area contributed by atoms with Crippen LogP contribution in [0, 0.1) is 12.8 Å². The van der Waals surface area contributed by atoms with E-state index in [4.69, 9.17) is 0 Å². The summed E-state index contributed by atoms with van der Waals surface area (Å²) < 4.78 is 28.0. The van der Waals surface area contributed by atoms with Crippen LogP contribution in [0.25, 0.3) is 10.2 Å². The lowest BCUT2D eigenvalue weighted by atomic mass is 10.0. The molecule has 0 saturated carbocycles. The van der Waals surface area contributed by atoms with Crippen LogP contribution in [0.15, 0.2) is 47.4 Å². The van der Waals surface area contributed by atoms with Crippen molar-refractivity contribution in [3.63, 3.8) is 0 Å². The van der Waals surface area contributed by atoms with E-state index in [0.717, 1.165) is 15.2 Å². The molecule has 0 unspecified atom stereocenters. The number of hydrogen-bond donors (Lipinski definition) is 2. The minimum absolute atomic E-state index is 0.0440. The number of rotatable bonds is 9. The molecule has 182 valence electrons. The Morgan fingerprint density at radius 2 is 1.79 bits per heavy atom. The summed E-state index contributed by atoms with van der Waals surface area (Å²) in [4.78, 5) is 30.5. The molecule has 10 heteroatoms. The van der Waals surface area contributed by atoms with Crippen molar-refractivity contribution < 1.29 is 18.0 Å². The average molecular weight is 503 g/mol. The highest BCUT2D eigenvalue weighted by atomic mass is 32.2. The van der Waals surface area contributed by atoms with E-state index in [9.17, 15) is 18.0 Å². The molecule has 1 aromatic heterocycles. The van der Waals surface area contributed by atoms with E-state index in [1.54, 1.807) is 19.9 Å². The van der Waals surface area contributed by atoms with Crippen LogP contribution in [0.2, 0.25) is 0 Å². The number of aromatic nitrogens is 1. The Morgan fingerprint density at radius 3 is 2.44 bits per heavy atom. The van der Waals surface area contributed by atoms with Crippen LogP contribution in [0.5, 0.6) is 0 Å². The summed E-state index contributed by atoms with van der Waals surface area (Å²) in [6, 6.07) is 10.5. The Hall–Kier alpha value is -2.82. The van der Waals surface area contributed by atoms with E-state index in [-0.39, 0.29) is 22.3 Å². The zero-order valence-electron chi connectivity index (χ0n) is 20.0. The van der Waals surface area contributed by atoms with Crippen LogP contribution in [0.3, 0.4) is 0 Å². The molecule has 1 heterocycles. The lowest BCUT2D eigenvalue weighted by Crippen LogP contribution is -2.47. The Kier molecular flexibility index (Phi) is 8.06. The molecule has 8 nitrogen and oxygen atoms in total. The molecule has 2 aromatic carbocycles. The minimum Gasteiger partial charge on any atom is -0.340 e. The summed E-state index contributed by atoms with van der Waals surface area (Å²) in [6.45, 7) is 9.78. The Bertz CT molecular complexity index is 1300. The number of carbonyl (C=O) groups is 2. The molecule has 0 spiro atoms. The topological polar surface area (TPSA) is 108 Å². The van der Waals surface area contributed by atoms with Crippen molar-refractivity contribution in [3.8, 4) is 0 Å². The standard InChI is InChI=1S/C24H30N4O4S2/c1-6-28(7-2)34(31,32)19-10-8-9-17(13-19)23(29)27-22(15(3)4)24(30)26-18-11-12-20-21(14-18)33-16(5)25-20/h8-15,22H,6-7H2,1-5H3,(H,26,30)(H,27,29)/t22-/m1/s1. The molecule has 0 fully saturated rings. The highest BCUT2D eigenvalue weighted by molar-refractivity contribution is 7.89. The number of amides is 2. The molecule has 2 amide bonds. The van der Waals surface area contributed by atoms with Crippen molar-refractivity contribution in [2.75, 3.05) is 18.4 Å². The average Bonchev–Trinajstić information content (AvgIpc) is 3.17. The zero-order chi connectivity index (χ0) is 25.0. The molecule has 3 aromatic rings. The second-order valence-electron chi connectivity index (χ2n) is 8.22. The fourth-order valence-electron chi connectivity index (χ4n) is 3.61. The number of carbonyl (C=O) groups excluding carboxylic acids is 2. The van der Waals surface area contributed by atoms with Gasteiger partial charge >= 0.3 is 0 Å². The number of nitrogens with zero attached hydrogens (tertiary/aromatic N) is 2. The van der Waals surface area contributed by atoms with E-state index < -0.39 is 22.0 Å². The second kappa shape index (κ2) is 10.6. The van der Waals surface area contributed by atoms with Gasteiger partial charge in [-0.25, -0.2) is 13.4 Å². The number of hydrogen-bond acceptors (Lipinski definition) is 6. The molecule has 1 atom stereocenters. The Morgan fingerprint density at radius 1 is 1.09 bits per heavy atom. The monoisotopic (exact) mass is 502 g/mol. The van der Waals surface area contributed by atoms with E-state index in [1.807, 2.05) is 32.9 Å². The van der Waals surface area contributed by atoms with Crippen molar-refractivity contribution in [2.45, 2.75) is 45.6 Å². The summed E-state index contributed by atoms with van der Waals surface area (Å²) in [5.74, 6) is -1.06. The van der Waals surface area contributed by atoms with Crippen LogP contribution >= 0.6 is 11.3 Å². The van der Waals surface area contributed by atoms with Crippen LogP contribution in [-0.2, 0) is 14.8 Å². The summed E-state index contributed by atoms with van der Waals surface area (Å²) in [6.07, 6.45) is 0. The molecule has 0 aliphatic rings. The maximum Gasteiger partial charge on any atom is 0.251 e. The third-order valence-corrected chi connectivity index (χ3v) is 8.42. The van der Waals surface area contributed by atoms with Crippen molar-refractivity contribution in [1.82, 2.24) is 14.6 Å². The van der Waals surface area contributed by atoms with Gasteiger partial charge in [-0.1, -0.05) is 33.8 Å². The molecule has 0 radical (unpaired) electrons. The minimum atomic E-state index is -3.71. The van der Waals surface area contributed by atoms with Gasteiger partial charge in [0.1, 0.15) is 6.04 Å². The maximum absolute atomic E-state index is 13.0. The fourth-order valence-corrected chi connectivity index (χ4v) is 5.98. The van der Waals surface area contributed by atoms with Gasteiger partial charge in [-0.05, 0) is 49.2 Å². The molecular weight excluding hydrogens is 472 g/mol. The second-order valence-corrected chi connectivity index (χ2v) is 11.4. The quantitative estimate of drug-likeness (QED) is 0.459. The first-order valence-electron chi connectivity index (χ1n) is 11.2. The van der Waals surface area contributed by atoms with Gasteiger partial charge in [-0.3, -0.25) is 9.59 Å². The lowest BCUT2D eigenvalue weighted by molar-refractivity contribution is -0.118. The number of sulfonamides is 1. The molecule has 0 bridgehead atoms. The van der Waals surface area contributed by atoms with E-state index >= 15 is 0 Å². The van der Waals surface area contributed by atoms with Gasteiger partial charge in [0.05, 0.1) is 20.1 Å². The normalized spacial score (nSPS) is 12.8. The van der Waals surface area contributed by atoms with Crippen molar-refractivity contribution in [1.29, 1.82) is 0 Å². The molecule has 0 aliphatic heterocycles. The Labute approximate surface area is 204 Å². The van der Waals surface area contributed by atoms with E-state index in [2.05, 4.69) is 15.6 Å². The molecular formula is C24H30N4O4S2. The van der Waals surface area contributed by atoms with Crippen LogP contribution < -0.4 is 10.6 Å². The molecule has 2 N–H and O–H groups in total. The number of benzene rings is 2. The van der Waals surface area contributed by atoms with Crippen LogP contribution in [-0.4, -0.2) is 48.7 Å². The predicted octanol–water partition coefficient (Wildman–Crippen LogP) is 4.03. The van der Waals surface area contributed by atoms with Crippen molar-refractivity contribution in [3.05, 3.63) is 53.0 Å². The smallest absolute Gasteiger partial charge is 0.251 e. The summed E-state index contributed by atoms with van der Waals surface area (Å²) in [5.41, 5.74) is 1.66. The maximum atomic E-state index is 13.0. The number of anilines is 1. The summed E-state index contributed by atoms with van der Waals surface area (Å²) in [7, 11) is -3.71. The van der Waals surface area contributed by atoms with Gasteiger partial charge in [-0.2, -0.15) is 4.31 Å². The molecule has 0 saturated heterocycles. The first kappa shape index (κ1) is 25.8. The van der Waals surface area contributed by atoms with Gasteiger partial charge in [0.2, 0.25) is 15.9 Å². The van der Waals surface area contributed by atoms with Crippen LogP contribution in [0.4, 0.5) is 5.69 Å². The fraction of sp³-hybridized carbons (Fsp3) is 0.375. The molecule has 34 heavy (non-hydrogen) atoms. The summed E-state index contributed by atoms with van der Waals surface area (Å²) >= 11 is 1.54. The molecule has 3 rings (SSSR count). The third kappa shape index (κ3) is 5.63. The summed E-state index contributed by atoms with van der Waals surface area (Å²) in [5, 5.41) is 6.57. The van der Waals surface area contributed by atoms with Crippen molar-refractivity contribution in [2.24, 2.45) is 5.92 Å². The van der Waals surface area contributed by atoms with E-state index in [1.165, 1.54) is 39.9 Å². The van der Waals surface area contributed by atoms with Crippen molar-refractivity contribution >= 4 is 49.1 Å². The predicted molar refractivity (Wildman–Crippen MR) is 136 cm³/mol. The highest BCUT2D eigenvalue weighted by Gasteiger charge is 2.27. The highest BCUT2D eigenvalue weighted by Crippen LogP contribution is 2.25. The lowest BCUT2D eigenvalue weighted by Gasteiger charge is -2.22. The number of aryl methyl sites for hydroxylation is 1. The number of fused-ring (bicyclic) bond motifs is 1. The SMILES string of the molecule is CCN(CC)S(=O)(=O)c1cccc(C(=O)N[C@@H](C(=O)Nc2ccc3nc(C)sc3c2)C(C)C)c1. The van der Waals surface area contributed by atoms with Crippen LogP contribution in [0.1, 0.15) is 43.1 Å². The number of thiazole rings is 1. The van der Waals surface area contributed by atoms with E-state index in [0.29, 0.717) is 18.8 Å². The first-order chi connectivity index (χ1) is 16.1. The van der Waals surface area contributed by atoms with Gasteiger partial charge < -0.3 is 10.6 Å². The van der Waals surface area contributed by atoms with Gasteiger partial charge in [0.15, 0.2) is 0 Å². The third-order valence-electron chi connectivity index (χ3n) is 5.44. The van der Waals surface area contributed by atoms with Gasteiger partial charge in [0.25, 0.3) is 5.91 Å².